The van der Waals surface area contributed by atoms with E-state index in [2.05, 4.69) is 0 Å². The highest BCUT2D eigenvalue weighted by molar-refractivity contribution is 6.30. The second-order valence-electron chi connectivity index (χ2n) is 4.01. The van der Waals surface area contributed by atoms with Crippen LogP contribution in [0.1, 0.15) is 19.8 Å². The number of amides is 1. The Morgan fingerprint density at radius 2 is 2.31 bits per heavy atom. The first-order valence-electron chi connectivity index (χ1n) is 5.22. The minimum atomic E-state index is -2.83. The molecule has 1 amide bonds. The van der Waals surface area contributed by atoms with Gasteiger partial charge in [-0.2, -0.15) is 0 Å². The van der Waals surface area contributed by atoms with Crippen LogP contribution in [0.5, 0.6) is 0 Å². The first-order valence-corrected chi connectivity index (χ1v) is 5.66. The Morgan fingerprint density at radius 1 is 1.69 bits per heavy atom. The van der Waals surface area contributed by atoms with E-state index < -0.39 is 29.8 Å². The molecule has 1 heterocycles. The SMILES string of the molecule is CC[C@@H](Cl)C(=O)N1CC(F)(F)C[C@@H]1COC. The van der Waals surface area contributed by atoms with Gasteiger partial charge in [-0.1, -0.05) is 6.92 Å². The molecule has 1 fully saturated rings. The van der Waals surface area contributed by atoms with Crippen molar-refractivity contribution in [3.05, 3.63) is 0 Å². The van der Waals surface area contributed by atoms with Crippen molar-refractivity contribution in [1.82, 2.24) is 4.90 Å². The molecule has 1 rings (SSSR count). The first-order chi connectivity index (χ1) is 7.41. The predicted molar refractivity (Wildman–Crippen MR) is 56.9 cm³/mol. The number of rotatable bonds is 4. The summed E-state index contributed by atoms with van der Waals surface area (Å²) in [5.74, 6) is -3.26. The average molecular weight is 256 g/mol. The van der Waals surface area contributed by atoms with Gasteiger partial charge in [-0.05, 0) is 6.42 Å². The van der Waals surface area contributed by atoms with Crippen LogP contribution in [0.25, 0.3) is 0 Å². The van der Waals surface area contributed by atoms with E-state index in [1.807, 2.05) is 0 Å². The molecule has 0 spiro atoms. The molecule has 0 saturated carbocycles. The lowest BCUT2D eigenvalue weighted by molar-refractivity contribution is -0.133. The molecular formula is C10H16ClF2NO2. The van der Waals surface area contributed by atoms with Crippen LogP contribution in [-0.4, -0.2) is 48.4 Å². The summed E-state index contributed by atoms with van der Waals surface area (Å²) in [6, 6.07) is -0.569. The van der Waals surface area contributed by atoms with Gasteiger partial charge in [0, 0.05) is 13.5 Å². The Bertz CT molecular complexity index is 263. The molecule has 0 unspecified atom stereocenters. The lowest BCUT2D eigenvalue weighted by Gasteiger charge is -2.25. The molecular weight excluding hydrogens is 240 g/mol. The number of carbonyl (C=O) groups excluding carboxylic acids is 1. The summed E-state index contributed by atoms with van der Waals surface area (Å²) >= 11 is 5.78. The van der Waals surface area contributed by atoms with Crippen LogP contribution in [0, 0.1) is 0 Å². The molecule has 0 aliphatic carbocycles. The Labute approximate surface area is 98.7 Å². The summed E-state index contributed by atoms with van der Waals surface area (Å²) in [6.45, 7) is 1.31. The summed E-state index contributed by atoms with van der Waals surface area (Å²) < 4.78 is 31.2. The lowest BCUT2D eigenvalue weighted by atomic mass is 10.2. The fourth-order valence-electron chi connectivity index (χ4n) is 1.85. The number of carbonyl (C=O) groups is 1. The fraction of sp³-hybridized carbons (Fsp3) is 0.900. The van der Waals surface area contributed by atoms with Crippen molar-refractivity contribution in [3.8, 4) is 0 Å². The molecule has 0 N–H and O–H groups in total. The molecule has 16 heavy (non-hydrogen) atoms. The molecule has 3 nitrogen and oxygen atoms in total. The molecule has 1 aliphatic heterocycles. The molecule has 94 valence electrons. The minimum Gasteiger partial charge on any atom is -0.383 e. The maximum Gasteiger partial charge on any atom is 0.267 e. The maximum absolute atomic E-state index is 13.2. The summed E-state index contributed by atoms with van der Waals surface area (Å²) in [5, 5.41) is -0.728. The Kier molecular flexibility index (Phi) is 4.50. The van der Waals surface area contributed by atoms with E-state index in [9.17, 15) is 13.6 Å². The molecule has 0 aromatic carbocycles. The zero-order valence-corrected chi connectivity index (χ0v) is 10.1. The van der Waals surface area contributed by atoms with Crippen LogP contribution in [-0.2, 0) is 9.53 Å². The van der Waals surface area contributed by atoms with Crippen LogP contribution in [0.3, 0.4) is 0 Å². The van der Waals surface area contributed by atoms with Gasteiger partial charge in [0.15, 0.2) is 0 Å². The van der Waals surface area contributed by atoms with Crippen molar-refractivity contribution in [2.75, 3.05) is 20.3 Å². The molecule has 0 bridgehead atoms. The van der Waals surface area contributed by atoms with Gasteiger partial charge in [-0.25, -0.2) is 8.78 Å². The van der Waals surface area contributed by atoms with Crippen molar-refractivity contribution in [2.24, 2.45) is 0 Å². The quantitative estimate of drug-likeness (QED) is 0.718. The lowest BCUT2D eigenvalue weighted by Crippen LogP contribution is -2.42. The maximum atomic E-state index is 13.2. The number of hydrogen-bond acceptors (Lipinski definition) is 2. The average Bonchev–Trinajstić information content (AvgIpc) is 2.52. The summed E-state index contributed by atoms with van der Waals surface area (Å²) in [4.78, 5) is 12.9. The van der Waals surface area contributed by atoms with E-state index in [1.54, 1.807) is 6.92 Å². The smallest absolute Gasteiger partial charge is 0.267 e. The highest BCUT2D eigenvalue weighted by atomic mass is 35.5. The zero-order valence-electron chi connectivity index (χ0n) is 9.38. The van der Waals surface area contributed by atoms with Crippen molar-refractivity contribution < 1.29 is 18.3 Å². The number of hydrogen-bond donors (Lipinski definition) is 0. The van der Waals surface area contributed by atoms with Gasteiger partial charge in [0.25, 0.3) is 5.92 Å². The van der Waals surface area contributed by atoms with E-state index in [-0.39, 0.29) is 13.0 Å². The zero-order chi connectivity index (χ0) is 12.3. The third-order valence-electron chi connectivity index (χ3n) is 2.65. The largest absolute Gasteiger partial charge is 0.383 e. The number of halogens is 3. The van der Waals surface area contributed by atoms with Gasteiger partial charge in [-0.3, -0.25) is 4.79 Å². The van der Waals surface area contributed by atoms with Crippen LogP contribution < -0.4 is 0 Å². The number of alkyl halides is 3. The number of nitrogens with zero attached hydrogens (tertiary/aromatic N) is 1. The van der Waals surface area contributed by atoms with Crippen molar-refractivity contribution >= 4 is 17.5 Å². The standard InChI is InChI=1S/C10H16ClF2NO2/c1-3-8(11)9(15)14-6-10(12,13)4-7(14)5-16-2/h7-8H,3-6H2,1-2H3/t7-,8-/m1/s1. The summed E-state index contributed by atoms with van der Waals surface area (Å²) in [7, 11) is 1.43. The van der Waals surface area contributed by atoms with Crippen molar-refractivity contribution in [2.45, 2.75) is 37.1 Å². The monoisotopic (exact) mass is 255 g/mol. The Hall–Kier alpha value is -0.420. The molecule has 1 saturated heterocycles. The Morgan fingerprint density at radius 3 is 2.81 bits per heavy atom. The van der Waals surface area contributed by atoms with E-state index in [4.69, 9.17) is 16.3 Å². The van der Waals surface area contributed by atoms with Crippen LogP contribution in [0.4, 0.5) is 8.78 Å². The molecule has 6 heteroatoms. The van der Waals surface area contributed by atoms with Gasteiger partial charge in [0.1, 0.15) is 5.38 Å². The van der Waals surface area contributed by atoms with Crippen LogP contribution >= 0.6 is 11.6 Å². The normalized spacial score (nSPS) is 25.8. The first kappa shape index (κ1) is 13.6. The van der Waals surface area contributed by atoms with E-state index >= 15 is 0 Å². The molecule has 1 aliphatic rings. The Balaban J connectivity index is 2.73. The molecule has 0 aromatic heterocycles. The second kappa shape index (κ2) is 5.27. The fourth-order valence-corrected chi connectivity index (χ4v) is 1.98. The second-order valence-corrected chi connectivity index (χ2v) is 4.54. The van der Waals surface area contributed by atoms with Gasteiger partial charge >= 0.3 is 0 Å². The van der Waals surface area contributed by atoms with Gasteiger partial charge in [-0.15, -0.1) is 11.6 Å². The number of methoxy groups -OCH3 is 1. The van der Waals surface area contributed by atoms with Gasteiger partial charge in [0.2, 0.25) is 5.91 Å². The third-order valence-corrected chi connectivity index (χ3v) is 3.14. The number of likely N-dealkylation sites (tertiary alicyclic amines) is 1. The molecule has 2 atom stereocenters. The molecule has 0 aromatic rings. The topological polar surface area (TPSA) is 29.5 Å². The van der Waals surface area contributed by atoms with Crippen molar-refractivity contribution in [3.63, 3.8) is 0 Å². The predicted octanol–water partition coefficient (Wildman–Crippen LogP) is 1.89. The third kappa shape index (κ3) is 3.04. The van der Waals surface area contributed by atoms with Crippen LogP contribution in [0.15, 0.2) is 0 Å². The van der Waals surface area contributed by atoms with Gasteiger partial charge in [0.05, 0.1) is 19.2 Å². The molecule has 0 radical (unpaired) electrons. The summed E-state index contributed by atoms with van der Waals surface area (Å²) in [6.07, 6.45) is 0.0854. The van der Waals surface area contributed by atoms with E-state index in [1.165, 1.54) is 7.11 Å². The minimum absolute atomic E-state index is 0.120. The summed E-state index contributed by atoms with van der Waals surface area (Å²) in [5.41, 5.74) is 0. The van der Waals surface area contributed by atoms with E-state index in [0.717, 1.165) is 4.90 Å². The van der Waals surface area contributed by atoms with Gasteiger partial charge < -0.3 is 9.64 Å². The van der Waals surface area contributed by atoms with E-state index in [0.29, 0.717) is 6.42 Å². The number of ether oxygens (including phenoxy) is 1. The van der Waals surface area contributed by atoms with Crippen LogP contribution in [0.2, 0.25) is 0 Å². The highest BCUT2D eigenvalue weighted by Gasteiger charge is 2.47. The highest BCUT2D eigenvalue weighted by Crippen LogP contribution is 2.33. The van der Waals surface area contributed by atoms with Crippen molar-refractivity contribution in [1.29, 1.82) is 0 Å².